The van der Waals surface area contributed by atoms with Gasteiger partial charge in [0.25, 0.3) is 0 Å². The van der Waals surface area contributed by atoms with Gasteiger partial charge in [0.2, 0.25) is 15.0 Å². The van der Waals surface area contributed by atoms with Crippen molar-refractivity contribution in [2.75, 3.05) is 12.3 Å². The molecule has 112 valence electrons. The lowest BCUT2D eigenvalue weighted by Gasteiger charge is -2.16. The van der Waals surface area contributed by atoms with Crippen LogP contribution in [0.3, 0.4) is 0 Å². The number of likely N-dealkylation sites (tertiary alicyclic amines) is 1. The molecule has 1 amide bonds. The number of fused-ring (bicyclic) bond motifs is 1. The molecule has 1 unspecified atom stereocenters. The smallest absolute Gasteiger partial charge is 0.232 e. The molecule has 0 spiro atoms. The summed E-state index contributed by atoms with van der Waals surface area (Å²) in [6, 6.07) is 5.42. The number of rotatable bonds is 4. The van der Waals surface area contributed by atoms with E-state index in [0.717, 1.165) is 5.56 Å². The number of benzene rings is 1. The lowest BCUT2D eigenvalue weighted by molar-refractivity contribution is -0.128. The van der Waals surface area contributed by atoms with Gasteiger partial charge in [-0.05, 0) is 16.4 Å². The summed E-state index contributed by atoms with van der Waals surface area (Å²) in [6.07, 6.45) is 0.193. The van der Waals surface area contributed by atoms with Crippen molar-refractivity contribution in [3.05, 3.63) is 23.8 Å². The van der Waals surface area contributed by atoms with Crippen LogP contribution in [0.4, 0.5) is 0 Å². The number of nitrogens with zero attached hydrogens (tertiary/aromatic N) is 3. The van der Waals surface area contributed by atoms with Crippen LogP contribution >= 0.6 is 10.7 Å². The predicted molar refractivity (Wildman–Crippen MR) is 75.0 cm³/mol. The Kier molecular flexibility index (Phi) is 3.58. The first-order valence-corrected chi connectivity index (χ1v) is 8.80. The molecule has 1 aliphatic heterocycles. The zero-order valence-corrected chi connectivity index (χ0v) is 12.5. The van der Waals surface area contributed by atoms with E-state index in [0.29, 0.717) is 24.1 Å². The third-order valence-corrected chi connectivity index (χ3v) is 4.71. The maximum atomic E-state index is 12.0. The third-order valence-electron chi connectivity index (χ3n) is 3.46. The van der Waals surface area contributed by atoms with E-state index >= 15 is 0 Å². The summed E-state index contributed by atoms with van der Waals surface area (Å²) < 4.78 is 26.9. The molecule has 1 fully saturated rings. The van der Waals surface area contributed by atoms with Crippen LogP contribution in [0, 0.1) is 5.92 Å². The van der Waals surface area contributed by atoms with E-state index in [9.17, 15) is 13.2 Å². The SMILES string of the molecule is O=C1CC(CS(=O)(=O)Cl)CN1Cc1cccc2nonc12. The predicted octanol–water partition coefficient (Wildman–Crippen LogP) is 1.14. The number of carbonyl (C=O) groups is 1. The van der Waals surface area contributed by atoms with Crippen molar-refractivity contribution in [1.29, 1.82) is 0 Å². The standard InChI is InChI=1S/C12H12ClN3O4S/c13-21(18,19)7-8-4-11(17)16(5-8)6-9-2-1-3-10-12(9)15-20-14-10/h1-3,8H,4-7H2. The topological polar surface area (TPSA) is 93.4 Å². The Morgan fingerprint density at radius 2 is 2.19 bits per heavy atom. The zero-order valence-electron chi connectivity index (χ0n) is 10.9. The Balaban J connectivity index is 1.76. The van der Waals surface area contributed by atoms with Crippen molar-refractivity contribution in [2.45, 2.75) is 13.0 Å². The van der Waals surface area contributed by atoms with Gasteiger partial charge in [-0.3, -0.25) is 4.79 Å². The first kappa shape index (κ1) is 14.3. The number of amides is 1. The van der Waals surface area contributed by atoms with Gasteiger partial charge in [-0.2, -0.15) is 0 Å². The Bertz CT molecular complexity index is 789. The summed E-state index contributed by atoms with van der Waals surface area (Å²) in [6.45, 7) is 0.718. The molecule has 0 radical (unpaired) electrons. The fraction of sp³-hybridized carbons (Fsp3) is 0.417. The molecule has 9 heteroatoms. The molecular weight excluding hydrogens is 318 g/mol. The second kappa shape index (κ2) is 5.27. The van der Waals surface area contributed by atoms with Crippen molar-refractivity contribution in [2.24, 2.45) is 5.92 Å². The summed E-state index contributed by atoms with van der Waals surface area (Å²) in [7, 11) is 1.65. The van der Waals surface area contributed by atoms with Gasteiger partial charge >= 0.3 is 0 Å². The molecule has 0 saturated carbocycles. The van der Waals surface area contributed by atoms with Crippen LogP contribution in [-0.2, 0) is 20.4 Å². The van der Waals surface area contributed by atoms with Gasteiger partial charge in [-0.25, -0.2) is 13.0 Å². The highest BCUT2D eigenvalue weighted by atomic mass is 35.7. The van der Waals surface area contributed by atoms with Crippen molar-refractivity contribution >= 4 is 36.7 Å². The number of halogens is 1. The highest BCUT2D eigenvalue weighted by Crippen LogP contribution is 2.24. The van der Waals surface area contributed by atoms with E-state index in [4.69, 9.17) is 10.7 Å². The van der Waals surface area contributed by atoms with E-state index in [2.05, 4.69) is 14.9 Å². The molecule has 1 aliphatic rings. The molecule has 1 atom stereocenters. The maximum absolute atomic E-state index is 12.0. The number of hydrogen-bond donors (Lipinski definition) is 0. The fourth-order valence-electron chi connectivity index (χ4n) is 2.60. The van der Waals surface area contributed by atoms with E-state index in [1.54, 1.807) is 11.0 Å². The van der Waals surface area contributed by atoms with Crippen molar-refractivity contribution in [3.8, 4) is 0 Å². The number of carbonyl (C=O) groups excluding carboxylic acids is 1. The molecule has 0 bridgehead atoms. The van der Waals surface area contributed by atoms with Gasteiger partial charge in [0, 0.05) is 41.7 Å². The minimum Gasteiger partial charge on any atom is -0.338 e. The Labute approximate surface area is 125 Å². The van der Waals surface area contributed by atoms with Crippen LogP contribution in [0.2, 0.25) is 0 Å². The summed E-state index contributed by atoms with van der Waals surface area (Å²) in [5.74, 6) is -0.546. The van der Waals surface area contributed by atoms with Gasteiger partial charge in [0.05, 0.1) is 5.75 Å². The largest absolute Gasteiger partial charge is 0.338 e. The molecule has 1 saturated heterocycles. The van der Waals surface area contributed by atoms with E-state index in [1.807, 2.05) is 12.1 Å². The Hall–Kier alpha value is -1.67. The van der Waals surface area contributed by atoms with Crippen LogP contribution in [0.1, 0.15) is 12.0 Å². The average molecular weight is 330 g/mol. The van der Waals surface area contributed by atoms with Gasteiger partial charge in [-0.1, -0.05) is 12.1 Å². The minimum absolute atomic E-state index is 0.0891. The van der Waals surface area contributed by atoms with Crippen LogP contribution in [0.5, 0.6) is 0 Å². The molecule has 7 nitrogen and oxygen atoms in total. The minimum atomic E-state index is -3.60. The summed E-state index contributed by atoms with van der Waals surface area (Å²) in [5, 5.41) is 7.57. The lowest BCUT2D eigenvalue weighted by atomic mass is 10.1. The zero-order chi connectivity index (χ0) is 15.0. The van der Waals surface area contributed by atoms with Gasteiger partial charge in [0.1, 0.15) is 11.0 Å². The summed E-state index contributed by atoms with van der Waals surface area (Å²) >= 11 is 0. The number of aromatic nitrogens is 2. The first-order chi connectivity index (χ1) is 9.92. The Morgan fingerprint density at radius 3 is 2.95 bits per heavy atom. The average Bonchev–Trinajstić information content (AvgIpc) is 2.95. The Morgan fingerprint density at radius 1 is 1.38 bits per heavy atom. The molecule has 0 aliphatic carbocycles. The molecular formula is C12H12ClN3O4S. The summed E-state index contributed by atoms with van der Waals surface area (Å²) in [5.41, 5.74) is 2.05. The summed E-state index contributed by atoms with van der Waals surface area (Å²) in [4.78, 5) is 13.6. The van der Waals surface area contributed by atoms with Crippen LogP contribution < -0.4 is 0 Å². The van der Waals surface area contributed by atoms with Crippen LogP contribution in [0.15, 0.2) is 22.8 Å². The monoisotopic (exact) mass is 329 g/mol. The first-order valence-electron chi connectivity index (χ1n) is 6.32. The molecule has 2 heterocycles. The van der Waals surface area contributed by atoms with Gasteiger partial charge < -0.3 is 4.90 Å². The van der Waals surface area contributed by atoms with Crippen molar-refractivity contribution in [1.82, 2.24) is 15.2 Å². The van der Waals surface area contributed by atoms with Gasteiger partial charge in [0.15, 0.2) is 0 Å². The van der Waals surface area contributed by atoms with E-state index in [1.165, 1.54) is 0 Å². The molecule has 1 aromatic heterocycles. The van der Waals surface area contributed by atoms with Crippen molar-refractivity contribution in [3.63, 3.8) is 0 Å². The lowest BCUT2D eigenvalue weighted by Crippen LogP contribution is -2.25. The highest BCUT2D eigenvalue weighted by molar-refractivity contribution is 8.13. The van der Waals surface area contributed by atoms with E-state index in [-0.39, 0.29) is 24.0 Å². The number of hydrogen-bond acceptors (Lipinski definition) is 6. The molecule has 21 heavy (non-hydrogen) atoms. The quantitative estimate of drug-likeness (QED) is 0.781. The highest BCUT2D eigenvalue weighted by Gasteiger charge is 2.32. The molecule has 2 aromatic rings. The van der Waals surface area contributed by atoms with E-state index < -0.39 is 9.05 Å². The second-order valence-corrected chi connectivity index (χ2v) is 7.92. The second-order valence-electron chi connectivity index (χ2n) is 5.10. The normalized spacial score (nSPS) is 19.6. The molecule has 1 aromatic carbocycles. The van der Waals surface area contributed by atoms with Crippen molar-refractivity contribution < 1.29 is 17.8 Å². The third kappa shape index (κ3) is 3.16. The molecule has 3 rings (SSSR count). The van der Waals surface area contributed by atoms with Gasteiger partial charge in [-0.15, -0.1) is 0 Å². The molecule has 0 N–H and O–H groups in total. The maximum Gasteiger partial charge on any atom is 0.232 e. The van der Waals surface area contributed by atoms with Crippen LogP contribution in [-0.4, -0.2) is 41.8 Å². The van der Waals surface area contributed by atoms with Crippen LogP contribution in [0.25, 0.3) is 11.0 Å². The fourth-order valence-corrected chi connectivity index (χ4v) is 3.92.